The Morgan fingerprint density at radius 1 is 1.27 bits per heavy atom. The van der Waals surface area contributed by atoms with Crippen LogP contribution in [0, 0.1) is 5.92 Å². The molecule has 0 aliphatic heterocycles. The molecule has 1 atom stereocenters. The number of aromatic nitrogens is 7. The minimum absolute atomic E-state index is 0.150. The maximum absolute atomic E-state index is 12.9. The van der Waals surface area contributed by atoms with Crippen LogP contribution in [-0.2, 0) is 6.54 Å². The number of rotatable bonds is 6. The average Bonchev–Trinajstić information content (AvgIpc) is 3.17. The second kappa shape index (κ2) is 6.47. The fourth-order valence-electron chi connectivity index (χ4n) is 3.16. The van der Waals surface area contributed by atoms with Crippen molar-refractivity contribution >= 4 is 11.7 Å². The third-order valence-corrected chi connectivity index (χ3v) is 4.71. The van der Waals surface area contributed by atoms with Gasteiger partial charge in [-0.15, -0.1) is 0 Å². The smallest absolute Gasteiger partial charge is 0.270 e. The van der Waals surface area contributed by atoms with Crippen molar-refractivity contribution in [3.05, 3.63) is 35.9 Å². The van der Waals surface area contributed by atoms with Crippen LogP contribution in [0.25, 0.3) is 5.78 Å². The first-order chi connectivity index (χ1) is 12.6. The van der Waals surface area contributed by atoms with Gasteiger partial charge in [-0.2, -0.15) is 15.2 Å². The van der Waals surface area contributed by atoms with Gasteiger partial charge in [0.2, 0.25) is 0 Å². The molecule has 1 amide bonds. The van der Waals surface area contributed by atoms with Crippen LogP contribution in [0.4, 0.5) is 0 Å². The summed E-state index contributed by atoms with van der Waals surface area (Å²) in [6, 6.07) is 1.64. The van der Waals surface area contributed by atoms with Crippen LogP contribution in [0.5, 0.6) is 0 Å². The fourth-order valence-corrected chi connectivity index (χ4v) is 3.16. The Morgan fingerprint density at radius 2 is 2.04 bits per heavy atom. The zero-order valence-corrected chi connectivity index (χ0v) is 15.1. The zero-order chi connectivity index (χ0) is 18.3. The Balaban J connectivity index is 1.65. The van der Waals surface area contributed by atoms with Crippen LogP contribution >= 0.6 is 0 Å². The topological polar surface area (TPSA) is 103 Å². The number of carbonyl (C=O) groups is 1. The van der Waals surface area contributed by atoms with E-state index in [1.165, 1.54) is 12.7 Å². The third kappa shape index (κ3) is 2.93. The predicted molar refractivity (Wildman–Crippen MR) is 93.5 cm³/mol. The van der Waals surface area contributed by atoms with Crippen LogP contribution in [0.3, 0.4) is 0 Å². The van der Waals surface area contributed by atoms with Gasteiger partial charge in [-0.25, -0.2) is 19.2 Å². The molecule has 0 radical (unpaired) electrons. The van der Waals surface area contributed by atoms with E-state index >= 15 is 0 Å². The minimum Gasteiger partial charge on any atom is -0.340 e. The van der Waals surface area contributed by atoms with Gasteiger partial charge in [0.25, 0.3) is 11.7 Å². The van der Waals surface area contributed by atoms with Crippen molar-refractivity contribution < 1.29 is 4.79 Å². The molecule has 26 heavy (non-hydrogen) atoms. The number of nitrogens with zero attached hydrogens (tertiary/aromatic N) is 7. The first-order valence-corrected chi connectivity index (χ1v) is 8.97. The van der Waals surface area contributed by atoms with Crippen LogP contribution < -0.4 is 5.32 Å². The van der Waals surface area contributed by atoms with E-state index in [2.05, 4.69) is 44.3 Å². The van der Waals surface area contributed by atoms with Crippen molar-refractivity contribution in [2.24, 2.45) is 5.92 Å². The Hall–Kier alpha value is -2.84. The number of nitrogens with one attached hydrogen (secondary N) is 1. The molecule has 1 fully saturated rings. The maximum atomic E-state index is 12.9. The molecule has 0 bridgehead atoms. The second-order valence-corrected chi connectivity index (χ2v) is 6.92. The molecule has 1 N–H and O–H groups in total. The zero-order valence-electron chi connectivity index (χ0n) is 15.1. The summed E-state index contributed by atoms with van der Waals surface area (Å²) in [5.74, 6) is 1.60. The Bertz CT molecular complexity index is 939. The summed E-state index contributed by atoms with van der Waals surface area (Å²) in [4.78, 5) is 25.8. The van der Waals surface area contributed by atoms with Gasteiger partial charge >= 0.3 is 0 Å². The van der Waals surface area contributed by atoms with E-state index < -0.39 is 0 Å². The normalized spacial score (nSPS) is 15.5. The average molecular weight is 354 g/mol. The van der Waals surface area contributed by atoms with Gasteiger partial charge in [0.1, 0.15) is 24.2 Å². The minimum atomic E-state index is -0.222. The SMILES string of the molecule is CCn1ncnc1[C@@H](NC(=O)c1cc(C(C)C)n2ncnc2n1)C1CC1. The van der Waals surface area contributed by atoms with Gasteiger partial charge in [-0.3, -0.25) is 4.79 Å². The lowest BCUT2D eigenvalue weighted by molar-refractivity contribution is 0.0923. The van der Waals surface area contributed by atoms with E-state index in [-0.39, 0.29) is 17.9 Å². The number of carbonyl (C=O) groups excluding carboxylic acids is 1. The molecular weight excluding hydrogens is 332 g/mol. The molecule has 1 aliphatic carbocycles. The van der Waals surface area contributed by atoms with E-state index in [0.29, 0.717) is 17.4 Å². The lowest BCUT2D eigenvalue weighted by atomic mass is 10.1. The molecule has 1 aliphatic rings. The molecule has 0 aromatic carbocycles. The first-order valence-electron chi connectivity index (χ1n) is 8.97. The molecule has 3 heterocycles. The standard InChI is InChI=1S/C17H22N8O/c1-4-24-15(18-8-20-24)14(11-5-6-11)23-16(26)12-7-13(10(2)3)25-17(22-12)19-9-21-25/h7-11,14H,4-6H2,1-3H3,(H,23,26)/t14-/m0/s1. The van der Waals surface area contributed by atoms with Crippen LogP contribution in [0.1, 0.15) is 67.6 Å². The third-order valence-electron chi connectivity index (χ3n) is 4.71. The van der Waals surface area contributed by atoms with Crippen LogP contribution in [-0.4, -0.2) is 40.3 Å². The van der Waals surface area contributed by atoms with E-state index in [1.807, 2.05) is 11.6 Å². The monoisotopic (exact) mass is 354 g/mol. The molecule has 1 saturated carbocycles. The van der Waals surface area contributed by atoms with Gasteiger partial charge in [0, 0.05) is 6.54 Å². The summed E-state index contributed by atoms with van der Waals surface area (Å²) in [7, 11) is 0. The number of amides is 1. The molecule has 0 saturated heterocycles. The van der Waals surface area contributed by atoms with Crippen LogP contribution in [0.15, 0.2) is 18.7 Å². The predicted octanol–water partition coefficient (Wildman–Crippen LogP) is 1.74. The molecule has 3 aromatic rings. The number of aryl methyl sites for hydroxylation is 1. The van der Waals surface area contributed by atoms with E-state index in [4.69, 9.17) is 0 Å². The summed E-state index contributed by atoms with van der Waals surface area (Å²) in [6.45, 7) is 6.83. The van der Waals surface area contributed by atoms with Gasteiger partial charge in [-0.05, 0) is 37.7 Å². The Morgan fingerprint density at radius 3 is 2.73 bits per heavy atom. The quantitative estimate of drug-likeness (QED) is 0.723. The van der Waals surface area contributed by atoms with Crippen molar-refractivity contribution in [2.75, 3.05) is 0 Å². The molecule has 0 unspecified atom stereocenters. The molecule has 3 aromatic heterocycles. The van der Waals surface area contributed by atoms with E-state index in [1.54, 1.807) is 10.6 Å². The highest BCUT2D eigenvalue weighted by atomic mass is 16.2. The first kappa shape index (κ1) is 16.6. The highest BCUT2D eigenvalue weighted by Gasteiger charge is 2.36. The number of hydrogen-bond donors (Lipinski definition) is 1. The molecular formula is C17H22N8O. The lowest BCUT2D eigenvalue weighted by Gasteiger charge is -2.18. The van der Waals surface area contributed by atoms with Gasteiger partial charge in [-0.1, -0.05) is 13.8 Å². The van der Waals surface area contributed by atoms with Gasteiger partial charge < -0.3 is 5.32 Å². The molecule has 4 rings (SSSR count). The summed E-state index contributed by atoms with van der Waals surface area (Å²) < 4.78 is 3.51. The lowest BCUT2D eigenvalue weighted by Crippen LogP contribution is -2.33. The van der Waals surface area contributed by atoms with Crippen molar-refractivity contribution in [1.29, 1.82) is 0 Å². The van der Waals surface area contributed by atoms with E-state index in [0.717, 1.165) is 30.9 Å². The maximum Gasteiger partial charge on any atom is 0.270 e. The fraction of sp³-hybridized carbons (Fsp3) is 0.529. The van der Waals surface area contributed by atoms with Crippen molar-refractivity contribution in [3.63, 3.8) is 0 Å². The highest BCUT2D eigenvalue weighted by Crippen LogP contribution is 2.40. The van der Waals surface area contributed by atoms with Crippen molar-refractivity contribution in [2.45, 2.75) is 52.1 Å². The highest BCUT2D eigenvalue weighted by molar-refractivity contribution is 5.93. The number of hydrogen-bond acceptors (Lipinski definition) is 6. The molecule has 9 heteroatoms. The summed E-state index contributed by atoms with van der Waals surface area (Å²) in [5.41, 5.74) is 1.25. The van der Waals surface area contributed by atoms with Gasteiger partial charge in [0.15, 0.2) is 0 Å². The van der Waals surface area contributed by atoms with Crippen molar-refractivity contribution in [1.82, 2.24) is 39.7 Å². The van der Waals surface area contributed by atoms with Gasteiger partial charge in [0.05, 0.1) is 11.7 Å². The summed E-state index contributed by atoms with van der Waals surface area (Å²) in [5, 5.41) is 11.5. The van der Waals surface area contributed by atoms with Crippen LogP contribution in [0.2, 0.25) is 0 Å². The Kier molecular flexibility index (Phi) is 4.14. The van der Waals surface area contributed by atoms with Crippen molar-refractivity contribution in [3.8, 4) is 0 Å². The molecule has 0 spiro atoms. The molecule has 9 nitrogen and oxygen atoms in total. The number of fused-ring (bicyclic) bond motifs is 1. The summed E-state index contributed by atoms with van der Waals surface area (Å²) in [6.07, 6.45) is 5.15. The van der Waals surface area contributed by atoms with E-state index in [9.17, 15) is 4.79 Å². The molecule has 136 valence electrons. The largest absolute Gasteiger partial charge is 0.340 e. The summed E-state index contributed by atoms with van der Waals surface area (Å²) >= 11 is 0. The second-order valence-electron chi connectivity index (χ2n) is 6.92. The Labute approximate surface area is 150 Å².